The highest BCUT2D eigenvalue weighted by Crippen LogP contribution is 2.49. The van der Waals surface area contributed by atoms with Gasteiger partial charge in [0, 0.05) is 67.4 Å². The Morgan fingerprint density at radius 2 is 1.87 bits per heavy atom. The largest absolute Gasteiger partial charge is 0.381 e. The number of ether oxygens (including phenoxy) is 1. The van der Waals surface area contributed by atoms with Gasteiger partial charge in [-0.15, -0.1) is 0 Å². The molecule has 4 heterocycles. The van der Waals surface area contributed by atoms with Gasteiger partial charge in [0.1, 0.15) is 21.5 Å². The van der Waals surface area contributed by atoms with Crippen molar-refractivity contribution in [1.82, 2.24) is 20.3 Å². The summed E-state index contributed by atoms with van der Waals surface area (Å²) in [5.41, 5.74) is 0.747. The van der Waals surface area contributed by atoms with Crippen molar-refractivity contribution >= 4 is 49.8 Å². The minimum atomic E-state index is -3.14. The Kier molecular flexibility index (Phi) is 8.85. The maximum absolute atomic E-state index is 12.4. The molecule has 2 fully saturated rings. The van der Waals surface area contributed by atoms with Crippen LogP contribution in [0, 0.1) is 5.92 Å². The standard InChI is InChI=1S/C33H45N7O4S/c1-9-30(41)38-32(3,4)25-10-11-27(40-21(2)26(33(40,5)6)20-45(8,42)43)24-19-35-29(18-23(24)25)36-28-12-15-34-31(37-28)39-16-13-22(44-7)14-17-39/h9-12,15,18-19,21-22,26H,1,13-14,16-17,20H2,2-8H3,(H,38,41)(H,34,35,36,37)/t21-,26-/m1/s1. The summed E-state index contributed by atoms with van der Waals surface area (Å²) in [6.07, 6.45) is 8.26. The van der Waals surface area contributed by atoms with Crippen molar-refractivity contribution in [3.8, 4) is 0 Å². The SMILES string of the molecule is C=CC(=O)NC(C)(C)c1ccc(N2[C@H](C)[C@@H](CS(C)(=O)=O)C2(C)C)c2cnc(Nc3ccnc(N4CCC(OC)CC4)n3)cc12. The molecule has 2 N–H and O–H groups in total. The molecule has 2 saturated heterocycles. The van der Waals surface area contributed by atoms with Crippen LogP contribution in [0.3, 0.4) is 0 Å². The minimum Gasteiger partial charge on any atom is -0.381 e. The summed E-state index contributed by atoms with van der Waals surface area (Å²) in [5, 5.41) is 8.23. The Labute approximate surface area is 266 Å². The third-order valence-electron chi connectivity index (χ3n) is 9.39. The average molecular weight is 636 g/mol. The molecule has 2 aliphatic heterocycles. The van der Waals surface area contributed by atoms with Crippen LogP contribution in [-0.4, -0.2) is 79.2 Å². The van der Waals surface area contributed by atoms with Gasteiger partial charge in [-0.2, -0.15) is 4.98 Å². The summed E-state index contributed by atoms with van der Waals surface area (Å²) < 4.78 is 29.9. The molecule has 5 rings (SSSR count). The van der Waals surface area contributed by atoms with Crippen LogP contribution < -0.4 is 20.4 Å². The molecule has 2 atom stereocenters. The number of amides is 1. The number of pyridine rings is 1. The summed E-state index contributed by atoms with van der Waals surface area (Å²) in [6.45, 7) is 15.4. The molecule has 11 nitrogen and oxygen atoms in total. The lowest BCUT2D eigenvalue weighted by molar-refractivity contribution is -0.118. The Morgan fingerprint density at radius 3 is 2.49 bits per heavy atom. The third kappa shape index (κ3) is 6.62. The number of piperidine rings is 1. The average Bonchev–Trinajstić information content (AvgIpc) is 2.99. The molecule has 45 heavy (non-hydrogen) atoms. The van der Waals surface area contributed by atoms with Crippen molar-refractivity contribution in [2.75, 3.05) is 47.3 Å². The van der Waals surface area contributed by atoms with Crippen molar-refractivity contribution in [3.05, 3.63) is 54.9 Å². The second-order valence-corrected chi connectivity index (χ2v) is 15.5. The van der Waals surface area contributed by atoms with Crippen LogP contribution in [0.1, 0.15) is 53.0 Å². The van der Waals surface area contributed by atoms with Crippen molar-refractivity contribution in [2.24, 2.45) is 5.92 Å². The van der Waals surface area contributed by atoms with Crippen molar-refractivity contribution in [2.45, 2.75) is 70.7 Å². The van der Waals surface area contributed by atoms with Gasteiger partial charge in [0.25, 0.3) is 0 Å². The quantitative estimate of drug-likeness (QED) is 0.306. The fourth-order valence-electron chi connectivity index (χ4n) is 7.06. The fourth-order valence-corrected chi connectivity index (χ4v) is 8.40. The molecule has 0 spiro atoms. The second-order valence-electron chi connectivity index (χ2n) is 13.3. The molecule has 0 unspecified atom stereocenters. The molecule has 2 aliphatic rings. The number of nitrogens with zero attached hydrogens (tertiary/aromatic N) is 5. The predicted octanol–water partition coefficient (Wildman–Crippen LogP) is 4.57. The molecular weight excluding hydrogens is 590 g/mol. The first-order chi connectivity index (χ1) is 21.1. The molecule has 242 valence electrons. The molecule has 0 saturated carbocycles. The number of aromatic nitrogens is 3. The second kappa shape index (κ2) is 12.2. The summed E-state index contributed by atoms with van der Waals surface area (Å²) in [6, 6.07) is 7.88. The molecule has 0 bridgehead atoms. The zero-order valence-electron chi connectivity index (χ0n) is 27.3. The number of hydrogen-bond acceptors (Lipinski definition) is 10. The maximum Gasteiger partial charge on any atom is 0.244 e. The lowest BCUT2D eigenvalue weighted by Crippen LogP contribution is -2.71. The lowest BCUT2D eigenvalue weighted by atomic mass is 9.71. The third-order valence-corrected chi connectivity index (χ3v) is 10.4. The molecule has 1 aromatic carbocycles. The van der Waals surface area contributed by atoms with Crippen molar-refractivity contribution in [3.63, 3.8) is 0 Å². The number of methoxy groups -OCH3 is 1. The van der Waals surface area contributed by atoms with Gasteiger partial charge in [-0.25, -0.2) is 18.4 Å². The summed E-state index contributed by atoms with van der Waals surface area (Å²) >= 11 is 0. The first kappa shape index (κ1) is 32.6. The topological polar surface area (TPSA) is 130 Å². The molecule has 3 aromatic rings. The van der Waals surface area contributed by atoms with Crippen molar-refractivity contribution in [1.29, 1.82) is 0 Å². The molecule has 0 radical (unpaired) electrons. The highest BCUT2D eigenvalue weighted by molar-refractivity contribution is 7.90. The molecular formula is C33H45N7O4S. The smallest absolute Gasteiger partial charge is 0.244 e. The lowest BCUT2D eigenvalue weighted by Gasteiger charge is -2.62. The van der Waals surface area contributed by atoms with E-state index in [0.717, 1.165) is 48.0 Å². The van der Waals surface area contributed by atoms with Gasteiger partial charge >= 0.3 is 0 Å². The Bertz CT molecular complexity index is 1700. The van der Waals surface area contributed by atoms with Crippen LogP contribution in [0.4, 0.5) is 23.3 Å². The van der Waals surface area contributed by atoms with Crippen LogP contribution in [0.5, 0.6) is 0 Å². The van der Waals surface area contributed by atoms with E-state index in [2.05, 4.69) is 52.8 Å². The van der Waals surface area contributed by atoms with E-state index in [9.17, 15) is 13.2 Å². The maximum atomic E-state index is 12.4. The van der Waals surface area contributed by atoms with Gasteiger partial charge in [-0.05, 0) is 82.7 Å². The van der Waals surface area contributed by atoms with Gasteiger partial charge in [0.15, 0.2) is 0 Å². The number of fused-ring (bicyclic) bond motifs is 1. The van der Waals surface area contributed by atoms with Crippen molar-refractivity contribution < 1.29 is 17.9 Å². The highest BCUT2D eigenvalue weighted by Gasteiger charge is 2.53. The van der Waals surface area contributed by atoms with E-state index < -0.39 is 20.9 Å². The first-order valence-electron chi connectivity index (χ1n) is 15.4. The first-order valence-corrected chi connectivity index (χ1v) is 17.4. The van der Waals surface area contributed by atoms with E-state index in [1.807, 2.05) is 44.3 Å². The Morgan fingerprint density at radius 1 is 1.16 bits per heavy atom. The summed E-state index contributed by atoms with van der Waals surface area (Å²) in [7, 11) is -1.39. The molecule has 0 aliphatic carbocycles. The van der Waals surface area contributed by atoms with E-state index in [4.69, 9.17) is 14.7 Å². The number of sulfone groups is 1. The summed E-state index contributed by atoms with van der Waals surface area (Å²) in [4.78, 5) is 30.9. The monoisotopic (exact) mass is 635 g/mol. The minimum absolute atomic E-state index is 0.00319. The van der Waals surface area contributed by atoms with E-state index in [-0.39, 0.29) is 29.7 Å². The molecule has 1 amide bonds. The number of benzene rings is 1. The van der Waals surface area contributed by atoms with E-state index in [1.165, 1.54) is 12.3 Å². The van der Waals surface area contributed by atoms with Crippen LogP contribution in [0.25, 0.3) is 10.8 Å². The Balaban J connectivity index is 1.53. The van der Waals surface area contributed by atoms with Crippen LogP contribution >= 0.6 is 0 Å². The summed E-state index contributed by atoms with van der Waals surface area (Å²) in [5.74, 6) is 1.72. The molecule has 12 heteroatoms. The number of carbonyl (C=O) groups is 1. The van der Waals surface area contributed by atoms with Crippen LogP contribution in [-0.2, 0) is 24.9 Å². The normalized spacial score (nSPS) is 20.5. The zero-order chi connectivity index (χ0) is 32.7. The van der Waals surface area contributed by atoms with Gasteiger partial charge in [0.05, 0.1) is 17.4 Å². The number of carbonyl (C=O) groups excluding carboxylic acids is 1. The van der Waals surface area contributed by atoms with E-state index >= 15 is 0 Å². The fraction of sp³-hybridized carbons (Fsp3) is 0.515. The van der Waals surface area contributed by atoms with Gasteiger partial charge in [-0.3, -0.25) is 4.79 Å². The number of nitrogens with one attached hydrogen (secondary N) is 2. The number of rotatable bonds is 10. The van der Waals surface area contributed by atoms with Gasteiger partial charge < -0.3 is 25.2 Å². The van der Waals surface area contributed by atoms with E-state index in [0.29, 0.717) is 17.6 Å². The van der Waals surface area contributed by atoms with E-state index in [1.54, 1.807) is 13.3 Å². The number of hydrogen-bond donors (Lipinski definition) is 2. The zero-order valence-corrected chi connectivity index (χ0v) is 28.1. The van der Waals surface area contributed by atoms with Gasteiger partial charge in [-0.1, -0.05) is 12.6 Å². The highest BCUT2D eigenvalue weighted by atomic mass is 32.2. The van der Waals surface area contributed by atoms with Gasteiger partial charge in [0.2, 0.25) is 11.9 Å². The number of anilines is 4. The van der Waals surface area contributed by atoms with Crippen LogP contribution in [0.2, 0.25) is 0 Å². The predicted molar refractivity (Wildman–Crippen MR) is 180 cm³/mol. The molecule has 2 aromatic heterocycles. The van der Waals surface area contributed by atoms with Crippen LogP contribution in [0.15, 0.2) is 49.3 Å². The Hall–Kier alpha value is -3.77.